The maximum atomic E-state index is 10.8. The Morgan fingerprint density at radius 2 is 1.88 bits per heavy atom. The third kappa shape index (κ3) is 3.17. The van der Waals surface area contributed by atoms with E-state index in [2.05, 4.69) is 0 Å². The van der Waals surface area contributed by atoms with E-state index in [-0.39, 0.29) is 5.92 Å². The van der Waals surface area contributed by atoms with Gasteiger partial charge in [-0.05, 0) is 31.6 Å². The lowest BCUT2D eigenvalue weighted by Gasteiger charge is -2.34. The van der Waals surface area contributed by atoms with E-state index in [0.29, 0.717) is 6.10 Å². The number of rotatable bonds is 5. The molecule has 1 fully saturated rings. The van der Waals surface area contributed by atoms with E-state index >= 15 is 0 Å². The summed E-state index contributed by atoms with van der Waals surface area (Å²) < 4.78 is 10.5. The van der Waals surface area contributed by atoms with Gasteiger partial charge in [0.1, 0.15) is 6.04 Å². The Kier molecular flexibility index (Phi) is 5.18. The normalized spacial score (nSPS) is 29.7. The van der Waals surface area contributed by atoms with E-state index in [1.54, 1.807) is 7.11 Å². The minimum atomic E-state index is -0.999. The van der Waals surface area contributed by atoms with Gasteiger partial charge < -0.3 is 20.3 Å². The first kappa shape index (κ1) is 13.4. The number of methoxy groups -OCH3 is 2. The lowest BCUT2D eigenvalue weighted by Crippen LogP contribution is -2.48. The van der Waals surface area contributed by atoms with Crippen molar-refractivity contribution in [2.75, 3.05) is 14.2 Å². The first-order valence-corrected chi connectivity index (χ1v) is 5.64. The van der Waals surface area contributed by atoms with E-state index in [4.69, 9.17) is 20.3 Å². The number of aliphatic carboxylic acids is 1. The molecule has 1 aliphatic carbocycles. The van der Waals surface area contributed by atoms with E-state index in [1.165, 1.54) is 7.11 Å². The van der Waals surface area contributed by atoms with Crippen molar-refractivity contribution >= 4 is 5.97 Å². The summed E-state index contributed by atoms with van der Waals surface area (Å²) >= 11 is 0. The molecule has 0 radical (unpaired) electrons. The fourth-order valence-corrected chi connectivity index (χ4v) is 2.43. The van der Waals surface area contributed by atoms with Gasteiger partial charge in [-0.25, -0.2) is 0 Å². The number of carboxylic acids is 1. The molecule has 5 nitrogen and oxygen atoms in total. The second-order valence-electron chi connectivity index (χ2n) is 4.34. The number of ether oxygens (including phenoxy) is 2. The number of nitrogens with two attached hydrogens (primary N) is 1. The van der Waals surface area contributed by atoms with E-state index in [0.717, 1.165) is 25.7 Å². The maximum Gasteiger partial charge on any atom is 0.323 e. The standard InChI is InChI=1S/C11H21NO4/c1-15-8-5-3-7(4-6-8)10(16-2)9(12)11(13)14/h7-10H,3-6,12H2,1-2H3,(H,13,14). The highest BCUT2D eigenvalue weighted by Crippen LogP contribution is 2.30. The van der Waals surface area contributed by atoms with Gasteiger partial charge in [-0.2, -0.15) is 0 Å². The van der Waals surface area contributed by atoms with Crippen LogP contribution >= 0.6 is 0 Å². The molecule has 0 aromatic heterocycles. The summed E-state index contributed by atoms with van der Waals surface area (Å²) in [4.78, 5) is 10.8. The molecular formula is C11H21NO4. The molecule has 1 aliphatic rings. The second-order valence-corrected chi connectivity index (χ2v) is 4.34. The van der Waals surface area contributed by atoms with Crippen molar-refractivity contribution in [3.63, 3.8) is 0 Å². The molecule has 1 rings (SSSR count). The van der Waals surface area contributed by atoms with Crippen LogP contribution in [0.5, 0.6) is 0 Å². The van der Waals surface area contributed by atoms with Gasteiger partial charge in [-0.3, -0.25) is 4.79 Å². The molecule has 0 bridgehead atoms. The zero-order chi connectivity index (χ0) is 12.1. The third-order valence-corrected chi connectivity index (χ3v) is 3.43. The summed E-state index contributed by atoms with van der Waals surface area (Å²) in [6.45, 7) is 0. The van der Waals surface area contributed by atoms with Crippen LogP contribution in [0.2, 0.25) is 0 Å². The van der Waals surface area contributed by atoms with Crippen molar-refractivity contribution in [1.82, 2.24) is 0 Å². The molecule has 0 aliphatic heterocycles. The molecule has 2 atom stereocenters. The lowest BCUT2D eigenvalue weighted by molar-refractivity contribution is -0.143. The van der Waals surface area contributed by atoms with Crippen LogP contribution in [-0.2, 0) is 14.3 Å². The highest BCUT2D eigenvalue weighted by Gasteiger charge is 2.34. The summed E-state index contributed by atoms with van der Waals surface area (Å²) in [5.41, 5.74) is 5.61. The minimum absolute atomic E-state index is 0.225. The predicted molar refractivity (Wildman–Crippen MR) is 59.2 cm³/mol. The van der Waals surface area contributed by atoms with Gasteiger partial charge in [-0.15, -0.1) is 0 Å². The minimum Gasteiger partial charge on any atom is -0.480 e. The van der Waals surface area contributed by atoms with Crippen molar-refractivity contribution in [1.29, 1.82) is 0 Å². The molecular weight excluding hydrogens is 210 g/mol. The first-order valence-electron chi connectivity index (χ1n) is 5.64. The molecule has 0 saturated heterocycles. The topological polar surface area (TPSA) is 81.8 Å². The van der Waals surface area contributed by atoms with E-state index in [1.807, 2.05) is 0 Å². The molecule has 94 valence electrons. The molecule has 16 heavy (non-hydrogen) atoms. The second kappa shape index (κ2) is 6.18. The highest BCUT2D eigenvalue weighted by molar-refractivity contribution is 5.74. The van der Waals surface area contributed by atoms with Crippen molar-refractivity contribution < 1.29 is 19.4 Å². The number of carboxylic acid groups (broad SMARTS) is 1. The molecule has 3 N–H and O–H groups in total. The summed E-state index contributed by atoms with van der Waals surface area (Å²) in [5, 5.41) is 8.88. The van der Waals surface area contributed by atoms with Crippen LogP contribution in [-0.4, -0.2) is 43.5 Å². The first-order chi connectivity index (χ1) is 7.60. The molecule has 0 spiro atoms. The zero-order valence-corrected chi connectivity index (χ0v) is 9.89. The molecule has 1 saturated carbocycles. The lowest BCUT2D eigenvalue weighted by atomic mass is 9.81. The molecule has 0 heterocycles. The van der Waals surface area contributed by atoms with Gasteiger partial charge in [0.25, 0.3) is 0 Å². The maximum absolute atomic E-state index is 10.8. The molecule has 5 heteroatoms. The third-order valence-electron chi connectivity index (χ3n) is 3.43. The van der Waals surface area contributed by atoms with Crippen LogP contribution < -0.4 is 5.73 Å². The van der Waals surface area contributed by atoms with Crippen LogP contribution in [0.15, 0.2) is 0 Å². The van der Waals surface area contributed by atoms with Crippen molar-refractivity contribution in [3.05, 3.63) is 0 Å². The fraction of sp³-hybridized carbons (Fsp3) is 0.909. The highest BCUT2D eigenvalue weighted by atomic mass is 16.5. The number of carbonyl (C=O) groups is 1. The van der Waals surface area contributed by atoms with Crippen molar-refractivity contribution in [3.8, 4) is 0 Å². The number of hydrogen-bond donors (Lipinski definition) is 2. The molecule has 0 aromatic carbocycles. The average Bonchev–Trinajstić information content (AvgIpc) is 2.30. The number of hydrogen-bond acceptors (Lipinski definition) is 4. The molecule has 2 unspecified atom stereocenters. The van der Waals surface area contributed by atoms with Gasteiger partial charge in [0.15, 0.2) is 0 Å². The van der Waals surface area contributed by atoms with Crippen LogP contribution in [0.4, 0.5) is 0 Å². The van der Waals surface area contributed by atoms with Crippen molar-refractivity contribution in [2.45, 2.75) is 43.9 Å². The average molecular weight is 231 g/mol. The summed E-state index contributed by atoms with van der Waals surface area (Å²) in [6, 6.07) is -0.936. The van der Waals surface area contributed by atoms with Crippen LogP contribution in [0.3, 0.4) is 0 Å². The van der Waals surface area contributed by atoms with E-state index < -0.39 is 18.1 Å². The van der Waals surface area contributed by atoms with Gasteiger partial charge >= 0.3 is 5.97 Å². The van der Waals surface area contributed by atoms with Gasteiger partial charge in [0.2, 0.25) is 0 Å². The summed E-state index contributed by atoms with van der Waals surface area (Å²) in [7, 11) is 3.23. The molecule has 0 aromatic rings. The largest absolute Gasteiger partial charge is 0.480 e. The Balaban J connectivity index is 2.52. The van der Waals surface area contributed by atoms with Crippen LogP contribution in [0, 0.1) is 5.92 Å². The SMILES string of the molecule is COC1CCC(C(OC)C(N)C(=O)O)CC1. The Bertz CT molecular complexity index is 226. The van der Waals surface area contributed by atoms with E-state index in [9.17, 15) is 4.79 Å². The predicted octanol–water partition coefficient (Wildman–Crippen LogP) is 0.619. The Morgan fingerprint density at radius 1 is 1.31 bits per heavy atom. The summed E-state index contributed by atoms with van der Waals surface area (Å²) in [6.07, 6.45) is 3.64. The quantitative estimate of drug-likeness (QED) is 0.724. The van der Waals surface area contributed by atoms with Gasteiger partial charge in [0, 0.05) is 14.2 Å². The smallest absolute Gasteiger partial charge is 0.323 e. The molecule has 0 amide bonds. The monoisotopic (exact) mass is 231 g/mol. The van der Waals surface area contributed by atoms with Gasteiger partial charge in [0.05, 0.1) is 12.2 Å². The zero-order valence-electron chi connectivity index (χ0n) is 9.89. The Hall–Kier alpha value is -0.650. The Labute approximate surface area is 95.9 Å². The van der Waals surface area contributed by atoms with Crippen LogP contribution in [0.25, 0.3) is 0 Å². The Morgan fingerprint density at radius 3 is 2.25 bits per heavy atom. The van der Waals surface area contributed by atoms with Crippen molar-refractivity contribution in [2.24, 2.45) is 11.7 Å². The van der Waals surface area contributed by atoms with Gasteiger partial charge in [-0.1, -0.05) is 0 Å². The fourth-order valence-electron chi connectivity index (χ4n) is 2.43. The summed E-state index contributed by atoms with van der Waals surface area (Å²) in [5.74, 6) is -0.775. The van der Waals surface area contributed by atoms with Crippen LogP contribution in [0.1, 0.15) is 25.7 Å².